The van der Waals surface area contributed by atoms with E-state index in [1.54, 1.807) is 0 Å². The predicted octanol–water partition coefficient (Wildman–Crippen LogP) is 5.19. The van der Waals surface area contributed by atoms with Crippen molar-refractivity contribution in [3.63, 3.8) is 0 Å². The van der Waals surface area contributed by atoms with E-state index >= 15 is 0 Å². The van der Waals surface area contributed by atoms with Crippen molar-refractivity contribution < 1.29 is 4.79 Å². The van der Waals surface area contributed by atoms with Gasteiger partial charge in [-0.05, 0) is 26.0 Å². The Morgan fingerprint density at radius 3 is 2.64 bits per heavy atom. The molecule has 170 valence electrons. The van der Waals surface area contributed by atoms with Crippen LogP contribution in [0.25, 0.3) is 22.6 Å². The molecule has 0 saturated heterocycles. The Bertz CT molecular complexity index is 1250. The Labute approximate surface area is 201 Å². The minimum atomic E-state index is -0.119. The number of thioether (sulfide) groups is 1. The molecule has 0 aliphatic carbocycles. The monoisotopic (exact) mass is 478 g/mol. The molecule has 0 fully saturated rings. The molecule has 0 aliphatic heterocycles. The van der Waals surface area contributed by atoms with Gasteiger partial charge < -0.3 is 14.8 Å². The van der Waals surface area contributed by atoms with Crippen LogP contribution in [0.15, 0.2) is 59.1 Å². The van der Waals surface area contributed by atoms with Gasteiger partial charge in [-0.3, -0.25) is 4.79 Å². The lowest BCUT2D eigenvalue weighted by Gasteiger charge is -2.14. The summed E-state index contributed by atoms with van der Waals surface area (Å²) in [6, 6.07) is 16.4. The normalized spacial score (nSPS) is 10.9. The van der Waals surface area contributed by atoms with Crippen molar-refractivity contribution in [3.05, 3.63) is 59.5 Å². The quantitative estimate of drug-likeness (QED) is 0.351. The van der Waals surface area contributed by atoms with E-state index in [0.29, 0.717) is 11.7 Å². The minimum Gasteiger partial charge on any atom is -0.378 e. The molecule has 0 atom stereocenters. The van der Waals surface area contributed by atoms with Gasteiger partial charge in [0.1, 0.15) is 0 Å². The maximum atomic E-state index is 12.5. The highest BCUT2D eigenvalue weighted by Crippen LogP contribution is 2.28. The zero-order valence-corrected chi connectivity index (χ0v) is 20.7. The summed E-state index contributed by atoms with van der Waals surface area (Å²) in [6.07, 6.45) is 0. The van der Waals surface area contributed by atoms with E-state index in [-0.39, 0.29) is 11.7 Å². The fourth-order valence-corrected chi connectivity index (χ4v) is 4.83. The number of carbonyl (C=O) groups excluding carboxylic acids is 1. The highest BCUT2D eigenvalue weighted by Gasteiger charge is 2.16. The largest absolute Gasteiger partial charge is 0.378 e. The third-order valence-corrected chi connectivity index (χ3v) is 6.81. The Balaban J connectivity index is 1.41. The molecule has 0 bridgehead atoms. The molecule has 2 aromatic carbocycles. The highest BCUT2D eigenvalue weighted by atomic mass is 32.2. The van der Waals surface area contributed by atoms with Crippen LogP contribution in [-0.4, -0.2) is 45.5 Å². The van der Waals surface area contributed by atoms with E-state index in [2.05, 4.69) is 63.5 Å². The first kappa shape index (κ1) is 23.0. The molecule has 9 heteroatoms. The van der Waals surface area contributed by atoms with E-state index in [0.717, 1.165) is 33.5 Å². The summed E-state index contributed by atoms with van der Waals surface area (Å²) in [5.74, 6) is 0.911. The van der Waals surface area contributed by atoms with Crippen LogP contribution < -0.4 is 10.2 Å². The molecule has 2 aromatic heterocycles. The lowest BCUT2D eigenvalue weighted by molar-refractivity contribution is -0.113. The van der Waals surface area contributed by atoms with Crippen LogP contribution in [0.5, 0.6) is 0 Å². The number of anilines is 2. The van der Waals surface area contributed by atoms with Gasteiger partial charge in [0.15, 0.2) is 16.1 Å². The zero-order valence-electron chi connectivity index (χ0n) is 19.1. The van der Waals surface area contributed by atoms with E-state index in [9.17, 15) is 4.79 Å². The summed E-state index contributed by atoms with van der Waals surface area (Å²) < 4.78 is 2.03. The number of thiazole rings is 1. The Morgan fingerprint density at radius 1 is 1.12 bits per heavy atom. The van der Waals surface area contributed by atoms with Gasteiger partial charge in [0.25, 0.3) is 0 Å². The van der Waals surface area contributed by atoms with E-state index in [1.807, 2.05) is 48.3 Å². The summed E-state index contributed by atoms with van der Waals surface area (Å²) in [7, 11) is 4.02. The third kappa shape index (κ3) is 5.43. The van der Waals surface area contributed by atoms with Gasteiger partial charge in [0, 0.05) is 42.8 Å². The van der Waals surface area contributed by atoms with Crippen molar-refractivity contribution in [1.29, 1.82) is 0 Å². The number of hydrogen-bond donors (Lipinski definition) is 1. The number of aryl methyl sites for hydroxylation is 1. The molecule has 2 heterocycles. The number of carbonyl (C=O) groups is 1. The van der Waals surface area contributed by atoms with Crippen molar-refractivity contribution in [3.8, 4) is 22.6 Å². The summed E-state index contributed by atoms with van der Waals surface area (Å²) in [5.41, 5.74) is 5.19. The molecule has 0 radical (unpaired) electrons. The molecule has 7 nitrogen and oxygen atoms in total. The average molecular weight is 479 g/mol. The van der Waals surface area contributed by atoms with Crippen LogP contribution in [0.3, 0.4) is 0 Å². The molecule has 1 N–H and O–H groups in total. The lowest BCUT2D eigenvalue weighted by Crippen LogP contribution is -2.14. The minimum absolute atomic E-state index is 0.119. The van der Waals surface area contributed by atoms with Gasteiger partial charge in [-0.15, -0.1) is 21.5 Å². The second kappa shape index (κ2) is 10.2. The van der Waals surface area contributed by atoms with Crippen molar-refractivity contribution in [2.45, 2.75) is 25.5 Å². The first-order chi connectivity index (χ1) is 15.9. The molecule has 4 aromatic rings. The number of aromatic nitrogens is 4. The molecule has 0 spiro atoms. The molecule has 1 amide bonds. The highest BCUT2D eigenvalue weighted by molar-refractivity contribution is 7.99. The molecule has 33 heavy (non-hydrogen) atoms. The topological polar surface area (TPSA) is 75.9 Å². The summed E-state index contributed by atoms with van der Waals surface area (Å²) in [5, 5.41) is 14.9. The standard InChI is InChI=1S/C24H26N6OS2/c1-5-30-22(18-7-6-8-19(13-18)29(3)4)27-28-24(30)33-15-21(31)26-23-25-20(14-32-23)17-11-9-16(2)10-12-17/h6-14H,5,15H2,1-4H3,(H,25,26,31). The summed E-state index contributed by atoms with van der Waals surface area (Å²) >= 11 is 2.80. The number of nitrogens with one attached hydrogen (secondary N) is 1. The maximum absolute atomic E-state index is 12.5. The van der Waals surface area contributed by atoms with Crippen LogP contribution in [0.4, 0.5) is 10.8 Å². The Kier molecular flexibility index (Phi) is 7.10. The molecule has 4 rings (SSSR count). The fraction of sp³-hybridized carbons (Fsp3) is 0.250. The van der Waals surface area contributed by atoms with Gasteiger partial charge in [-0.2, -0.15) is 0 Å². The third-order valence-electron chi connectivity index (χ3n) is 5.08. The zero-order chi connectivity index (χ0) is 23.4. The van der Waals surface area contributed by atoms with Crippen LogP contribution in [0.2, 0.25) is 0 Å². The number of amides is 1. The number of rotatable bonds is 8. The number of benzene rings is 2. The second-order valence-electron chi connectivity index (χ2n) is 7.74. The summed E-state index contributed by atoms with van der Waals surface area (Å²) in [6.45, 7) is 4.82. The van der Waals surface area contributed by atoms with Crippen molar-refractivity contribution in [1.82, 2.24) is 19.7 Å². The van der Waals surface area contributed by atoms with E-state index < -0.39 is 0 Å². The smallest absolute Gasteiger partial charge is 0.236 e. The molecular formula is C24H26N6OS2. The SMILES string of the molecule is CCn1c(SCC(=O)Nc2nc(-c3ccc(C)cc3)cs2)nnc1-c1cccc(N(C)C)c1. The van der Waals surface area contributed by atoms with Gasteiger partial charge >= 0.3 is 0 Å². The Hall–Kier alpha value is -3.17. The molecular weight excluding hydrogens is 452 g/mol. The van der Waals surface area contributed by atoms with Crippen LogP contribution >= 0.6 is 23.1 Å². The van der Waals surface area contributed by atoms with Crippen molar-refractivity contribution >= 4 is 39.8 Å². The predicted molar refractivity (Wildman–Crippen MR) is 137 cm³/mol. The summed E-state index contributed by atoms with van der Waals surface area (Å²) in [4.78, 5) is 19.1. The van der Waals surface area contributed by atoms with Crippen molar-refractivity contribution in [2.24, 2.45) is 0 Å². The van der Waals surface area contributed by atoms with Crippen LogP contribution in [0.1, 0.15) is 12.5 Å². The number of nitrogens with zero attached hydrogens (tertiary/aromatic N) is 5. The van der Waals surface area contributed by atoms with Gasteiger partial charge in [0.2, 0.25) is 5.91 Å². The first-order valence-electron chi connectivity index (χ1n) is 10.6. The fourth-order valence-electron chi connectivity index (χ4n) is 3.29. The molecule has 0 saturated carbocycles. The van der Waals surface area contributed by atoms with Crippen LogP contribution in [-0.2, 0) is 11.3 Å². The maximum Gasteiger partial charge on any atom is 0.236 e. The van der Waals surface area contributed by atoms with Crippen molar-refractivity contribution in [2.75, 3.05) is 30.1 Å². The van der Waals surface area contributed by atoms with Gasteiger partial charge in [-0.1, -0.05) is 53.7 Å². The molecule has 0 unspecified atom stereocenters. The number of hydrogen-bond acceptors (Lipinski definition) is 7. The van der Waals surface area contributed by atoms with Gasteiger partial charge in [-0.25, -0.2) is 4.98 Å². The van der Waals surface area contributed by atoms with Crippen LogP contribution in [0, 0.1) is 6.92 Å². The first-order valence-corrected chi connectivity index (χ1v) is 12.5. The molecule has 0 aliphatic rings. The van der Waals surface area contributed by atoms with E-state index in [1.165, 1.54) is 28.7 Å². The Morgan fingerprint density at radius 2 is 1.91 bits per heavy atom. The van der Waals surface area contributed by atoms with E-state index in [4.69, 9.17) is 0 Å². The average Bonchev–Trinajstić information content (AvgIpc) is 3.45. The van der Waals surface area contributed by atoms with Gasteiger partial charge in [0.05, 0.1) is 11.4 Å². The second-order valence-corrected chi connectivity index (χ2v) is 9.54. The lowest BCUT2D eigenvalue weighted by atomic mass is 10.1.